The topological polar surface area (TPSA) is 85.7 Å². The van der Waals surface area contributed by atoms with Gasteiger partial charge in [0.15, 0.2) is 0 Å². The third kappa shape index (κ3) is 5.48. The van der Waals surface area contributed by atoms with Gasteiger partial charge in [0.05, 0.1) is 25.6 Å². The van der Waals surface area contributed by atoms with E-state index in [4.69, 9.17) is 9.47 Å². The van der Waals surface area contributed by atoms with Crippen molar-refractivity contribution in [2.75, 3.05) is 32.6 Å². The fourth-order valence-electron chi connectivity index (χ4n) is 4.54. The van der Waals surface area contributed by atoms with E-state index in [1.54, 1.807) is 42.0 Å². The molecule has 0 unspecified atom stereocenters. The summed E-state index contributed by atoms with van der Waals surface area (Å²) in [6.07, 6.45) is 1.19. The zero-order chi connectivity index (χ0) is 25.1. The highest BCUT2D eigenvalue weighted by Crippen LogP contribution is 2.27. The Kier molecular flexibility index (Phi) is 7.10. The first-order valence-corrected chi connectivity index (χ1v) is 11.8. The van der Waals surface area contributed by atoms with E-state index in [0.717, 1.165) is 22.5 Å². The number of hydrogen-bond acceptors (Lipinski definition) is 5. The number of piperidine rings is 1. The van der Waals surface area contributed by atoms with Gasteiger partial charge in [-0.2, -0.15) is 5.10 Å². The predicted octanol–water partition coefficient (Wildman–Crippen LogP) is 4.31. The largest absolute Gasteiger partial charge is 0.497 e. The van der Waals surface area contributed by atoms with E-state index >= 15 is 0 Å². The van der Waals surface area contributed by atoms with Crippen LogP contribution in [-0.2, 0) is 4.79 Å². The van der Waals surface area contributed by atoms with Crippen molar-refractivity contribution in [2.24, 2.45) is 5.92 Å². The van der Waals surface area contributed by atoms with Crippen molar-refractivity contribution in [3.63, 3.8) is 0 Å². The lowest BCUT2D eigenvalue weighted by Gasteiger charge is -2.31. The summed E-state index contributed by atoms with van der Waals surface area (Å²) in [6.45, 7) is 7.01. The van der Waals surface area contributed by atoms with E-state index in [1.165, 1.54) is 0 Å². The van der Waals surface area contributed by atoms with Crippen LogP contribution >= 0.6 is 0 Å². The number of likely N-dealkylation sites (tertiary alicyclic amines) is 1. The maximum Gasteiger partial charge on any atom is 0.254 e. The van der Waals surface area contributed by atoms with Crippen molar-refractivity contribution in [1.29, 1.82) is 0 Å². The number of methoxy groups -OCH3 is 2. The van der Waals surface area contributed by atoms with Crippen molar-refractivity contribution in [3.05, 3.63) is 64.8 Å². The molecular formula is C27H32N4O4. The first-order chi connectivity index (χ1) is 16.8. The van der Waals surface area contributed by atoms with Crippen molar-refractivity contribution in [2.45, 2.75) is 33.6 Å². The van der Waals surface area contributed by atoms with Gasteiger partial charge in [-0.1, -0.05) is 6.07 Å². The average Bonchev–Trinajstić information content (AvgIpc) is 3.22. The molecule has 8 heteroatoms. The molecule has 2 amide bonds. The normalized spacial score (nSPS) is 14.0. The molecule has 1 fully saturated rings. The highest BCUT2D eigenvalue weighted by molar-refractivity contribution is 5.96. The lowest BCUT2D eigenvalue weighted by atomic mass is 9.95. The zero-order valence-electron chi connectivity index (χ0n) is 20.9. The Bertz CT molecular complexity index is 1200. The highest BCUT2D eigenvalue weighted by atomic mass is 16.5. The summed E-state index contributed by atoms with van der Waals surface area (Å²) in [5.41, 5.74) is 4.53. The molecule has 0 saturated carbocycles. The average molecular weight is 477 g/mol. The van der Waals surface area contributed by atoms with Crippen LogP contribution in [0.2, 0.25) is 0 Å². The number of anilines is 1. The Morgan fingerprint density at radius 1 is 0.886 bits per heavy atom. The van der Waals surface area contributed by atoms with Gasteiger partial charge in [-0.05, 0) is 69.0 Å². The van der Waals surface area contributed by atoms with Gasteiger partial charge >= 0.3 is 0 Å². The SMILES string of the molecule is COc1cc(OC)cc(C(=O)N2CCC(C(=O)Nc3cc(C)nn3-c3cc(C)cc(C)c3)CC2)c1. The quantitative estimate of drug-likeness (QED) is 0.573. The van der Waals surface area contributed by atoms with Crippen LogP contribution in [0.4, 0.5) is 5.82 Å². The molecule has 2 heterocycles. The van der Waals surface area contributed by atoms with Gasteiger partial charge in [0.25, 0.3) is 5.91 Å². The molecule has 0 aliphatic carbocycles. The molecule has 1 saturated heterocycles. The lowest BCUT2D eigenvalue weighted by Crippen LogP contribution is -2.41. The summed E-state index contributed by atoms with van der Waals surface area (Å²) in [4.78, 5) is 28.0. The summed E-state index contributed by atoms with van der Waals surface area (Å²) < 4.78 is 12.4. The van der Waals surface area contributed by atoms with Crippen LogP contribution in [0.3, 0.4) is 0 Å². The zero-order valence-corrected chi connectivity index (χ0v) is 20.9. The number of aryl methyl sites for hydroxylation is 3. The van der Waals surface area contributed by atoms with Crippen molar-refractivity contribution in [1.82, 2.24) is 14.7 Å². The number of nitrogens with one attached hydrogen (secondary N) is 1. The fourth-order valence-corrected chi connectivity index (χ4v) is 4.54. The summed E-state index contributed by atoms with van der Waals surface area (Å²) in [5, 5.41) is 7.66. The van der Waals surface area contributed by atoms with Crippen LogP contribution in [0.15, 0.2) is 42.5 Å². The Hall–Kier alpha value is -3.81. The van der Waals surface area contributed by atoms with E-state index in [-0.39, 0.29) is 17.7 Å². The van der Waals surface area contributed by atoms with Crippen molar-refractivity contribution >= 4 is 17.6 Å². The maximum atomic E-state index is 13.1. The number of hydrogen-bond donors (Lipinski definition) is 1. The van der Waals surface area contributed by atoms with Gasteiger partial charge < -0.3 is 19.7 Å². The Balaban J connectivity index is 1.42. The lowest BCUT2D eigenvalue weighted by molar-refractivity contribution is -0.121. The number of ether oxygens (including phenoxy) is 2. The molecule has 4 rings (SSSR count). The Morgan fingerprint density at radius 2 is 1.49 bits per heavy atom. The molecule has 1 aliphatic rings. The second-order valence-corrected chi connectivity index (χ2v) is 9.09. The molecule has 0 spiro atoms. The van der Waals surface area contributed by atoms with Gasteiger partial charge in [0.2, 0.25) is 5.91 Å². The molecule has 8 nitrogen and oxygen atoms in total. The molecule has 0 bridgehead atoms. The van der Waals surface area contributed by atoms with Gasteiger partial charge in [0.1, 0.15) is 17.3 Å². The van der Waals surface area contributed by atoms with Gasteiger partial charge in [-0.3, -0.25) is 9.59 Å². The third-order valence-corrected chi connectivity index (χ3v) is 6.29. The first kappa shape index (κ1) is 24.3. The van der Waals surface area contributed by atoms with E-state index < -0.39 is 0 Å². The number of amides is 2. The summed E-state index contributed by atoms with van der Waals surface area (Å²) in [7, 11) is 3.11. The number of benzene rings is 2. The van der Waals surface area contributed by atoms with Crippen LogP contribution in [0.25, 0.3) is 5.69 Å². The highest BCUT2D eigenvalue weighted by Gasteiger charge is 2.29. The molecule has 3 aromatic rings. The number of nitrogens with zero attached hydrogens (tertiary/aromatic N) is 3. The van der Waals surface area contributed by atoms with Gasteiger partial charge in [-0.25, -0.2) is 4.68 Å². The third-order valence-electron chi connectivity index (χ3n) is 6.29. The molecule has 184 valence electrons. The second-order valence-electron chi connectivity index (χ2n) is 9.09. The molecule has 35 heavy (non-hydrogen) atoms. The van der Waals surface area contributed by atoms with Gasteiger partial charge in [0, 0.05) is 36.7 Å². The Labute approximate surface area is 205 Å². The molecule has 1 aliphatic heterocycles. The number of carbonyl (C=O) groups excluding carboxylic acids is 2. The fraction of sp³-hybridized carbons (Fsp3) is 0.370. The van der Waals surface area contributed by atoms with Crippen LogP contribution < -0.4 is 14.8 Å². The minimum Gasteiger partial charge on any atom is -0.497 e. The minimum atomic E-state index is -0.179. The molecule has 2 aromatic carbocycles. The summed E-state index contributed by atoms with van der Waals surface area (Å²) in [6, 6.07) is 13.2. The molecule has 0 atom stereocenters. The van der Waals surface area contributed by atoms with Crippen LogP contribution in [0.1, 0.15) is 40.0 Å². The Morgan fingerprint density at radius 3 is 2.06 bits per heavy atom. The number of rotatable bonds is 6. The van der Waals surface area contributed by atoms with E-state index in [9.17, 15) is 9.59 Å². The first-order valence-electron chi connectivity index (χ1n) is 11.8. The summed E-state index contributed by atoms with van der Waals surface area (Å²) in [5.74, 6) is 1.46. The summed E-state index contributed by atoms with van der Waals surface area (Å²) >= 11 is 0. The van der Waals surface area contributed by atoms with Crippen molar-refractivity contribution < 1.29 is 19.1 Å². The second kappa shape index (κ2) is 10.2. The van der Waals surface area contributed by atoms with E-state index in [2.05, 4.69) is 16.5 Å². The minimum absolute atomic E-state index is 0.0503. The number of aromatic nitrogens is 2. The van der Waals surface area contributed by atoms with Gasteiger partial charge in [-0.15, -0.1) is 0 Å². The number of carbonyl (C=O) groups is 2. The predicted molar refractivity (Wildman–Crippen MR) is 135 cm³/mol. The smallest absolute Gasteiger partial charge is 0.254 e. The van der Waals surface area contributed by atoms with Crippen LogP contribution in [0.5, 0.6) is 11.5 Å². The molecular weight excluding hydrogens is 444 g/mol. The molecule has 0 radical (unpaired) electrons. The van der Waals surface area contributed by atoms with E-state index in [0.29, 0.717) is 48.8 Å². The maximum absolute atomic E-state index is 13.1. The van der Waals surface area contributed by atoms with Crippen molar-refractivity contribution in [3.8, 4) is 17.2 Å². The standard InChI is InChI=1S/C27H32N4O4/c1-17-10-18(2)12-22(11-17)31-25(13-19(3)29-31)28-26(32)20-6-8-30(9-7-20)27(33)21-14-23(34-4)16-24(15-21)35-5/h10-16,20H,6-9H2,1-5H3,(H,28,32). The monoisotopic (exact) mass is 476 g/mol. The van der Waals surface area contributed by atoms with Crippen LogP contribution in [0, 0.1) is 26.7 Å². The van der Waals surface area contributed by atoms with Crippen LogP contribution in [-0.4, -0.2) is 53.8 Å². The van der Waals surface area contributed by atoms with E-state index in [1.807, 2.05) is 39.0 Å². The molecule has 1 N–H and O–H groups in total. The molecule has 1 aromatic heterocycles.